The molecule has 0 aliphatic carbocycles. The minimum Gasteiger partial charge on any atom is -0.350 e. The number of hydrogen-bond acceptors (Lipinski definition) is 4. The molecule has 3 aromatic rings. The van der Waals surface area contributed by atoms with Crippen molar-refractivity contribution in [1.29, 1.82) is 0 Å². The average Bonchev–Trinajstić information content (AvgIpc) is 2.86. The number of halogens is 1. The molecule has 0 aliphatic rings. The molecule has 7 nitrogen and oxygen atoms in total. The van der Waals surface area contributed by atoms with Gasteiger partial charge in [-0.3, -0.25) is 13.9 Å². The summed E-state index contributed by atoms with van der Waals surface area (Å²) in [5.41, 5.74) is 1.69. The summed E-state index contributed by atoms with van der Waals surface area (Å²) in [4.78, 5) is 28.9. The van der Waals surface area contributed by atoms with Gasteiger partial charge in [-0.25, -0.2) is 8.42 Å². The van der Waals surface area contributed by atoms with Gasteiger partial charge in [-0.05, 0) is 76.1 Å². The van der Waals surface area contributed by atoms with E-state index in [1.54, 1.807) is 30.3 Å². The van der Waals surface area contributed by atoms with E-state index < -0.39 is 34.1 Å². The van der Waals surface area contributed by atoms with E-state index in [2.05, 4.69) is 5.32 Å². The molecule has 0 heterocycles. The number of carbonyl (C=O) groups excluding carboxylic acids is 2. The van der Waals surface area contributed by atoms with E-state index in [4.69, 9.17) is 11.6 Å². The van der Waals surface area contributed by atoms with Gasteiger partial charge in [0.1, 0.15) is 12.6 Å². The van der Waals surface area contributed by atoms with E-state index in [9.17, 15) is 18.0 Å². The zero-order valence-electron chi connectivity index (χ0n) is 23.0. The Balaban J connectivity index is 2.05. The van der Waals surface area contributed by atoms with Gasteiger partial charge in [0.05, 0.1) is 10.6 Å². The van der Waals surface area contributed by atoms with Crippen LogP contribution in [0.4, 0.5) is 5.69 Å². The molecule has 208 valence electrons. The maximum atomic E-state index is 14.0. The number of aryl methyl sites for hydroxylation is 1. The fourth-order valence-electron chi connectivity index (χ4n) is 4.24. The molecule has 2 amide bonds. The molecule has 0 saturated carbocycles. The van der Waals surface area contributed by atoms with Gasteiger partial charge in [0.25, 0.3) is 10.0 Å². The Morgan fingerprint density at radius 2 is 1.59 bits per heavy atom. The smallest absolute Gasteiger partial charge is 0.264 e. The van der Waals surface area contributed by atoms with Crippen LogP contribution < -0.4 is 9.62 Å². The lowest BCUT2D eigenvalue weighted by Gasteiger charge is -2.34. The van der Waals surface area contributed by atoms with Crippen LogP contribution >= 0.6 is 11.6 Å². The number of nitrogens with one attached hydrogen (secondary N) is 1. The van der Waals surface area contributed by atoms with Gasteiger partial charge in [0.2, 0.25) is 11.8 Å². The number of sulfonamides is 1. The van der Waals surface area contributed by atoms with Crippen molar-refractivity contribution in [2.24, 2.45) is 0 Å². The van der Waals surface area contributed by atoms with Crippen molar-refractivity contribution < 1.29 is 18.0 Å². The van der Waals surface area contributed by atoms with Crippen LogP contribution in [-0.2, 0) is 26.2 Å². The Hall–Kier alpha value is -3.36. The van der Waals surface area contributed by atoms with Gasteiger partial charge in [-0.15, -0.1) is 0 Å². The summed E-state index contributed by atoms with van der Waals surface area (Å²) in [6, 6.07) is 21.2. The molecule has 39 heavy (non-hydrogen) atoms. The second-order valence-corrected chi connectivity index (χ2v) is 12.8. The van der Waals surface area contributed by atoms with E-state index >= 15 is 0 Å². The van der Waals surface area contributed by atoms with Crippen LogP contribution in [0.25, 0.3) is 0 Å². The molecule has 0 radical (unpaired) electrons. The minimum absolute atomic E-state index is 0.00584. The average molecular weight is 570 g/mol. The standard InChI is InChI=1S/C30H36ClN3O4S/c1-6-27(29(36)32-30(3,4)5)33(20-23-12-10-11-22(2)19-23)28(35)21-34(25-13-8-7-9-14-25)39(37,38)26-17-15-24(31)16-18-26/h7-19,27H,6,20-21H2,1-5H3,(H,32,36)/t27-/m0/s1. The minimum atomic E-state index is -4.13. The van der Waals surface area contributed by atoms with Crippen molar-refractivity contribution >= 4 is 39.1 Å². The Morgan fingerprint density at radius 1 is 0.949 bits per heavy atom. The number of amides is 2. The van der Waals surface area contributed by atoms with E-state index in [0.717, 1.165) is 15.4 Å². The van der Waals surface area contributed by atoms with Crippen molar-refractivity contribution in [2.75, 3.05) is 10.8 Å². The molecule has 0 unspecified atom stereocenters. The Labute approximate surface area is 236 Å². The predicted octanol–water partition coefficient (Wildman–Crippen LogP) is 5.57. The van der Waals surface area contributed by atoms with Crippen LogP contribution in [0.1, 0.15) is 45.2 Å². The molecule has 0 saturated heterocycles. The van der Waals surface area contributed by atoms with E-state index in [1.807, 2.05) is 58.9 Å². The summed E-state index contributed by atoms with van der Waals surface area (Å²) < 4.78 is 28.7. The first-order chi connectivity index (χ1) is 18.3. The maximum Gasteiger partial charge on any atom is 0.264 e. The van der Waals surface area contributed by atoms with Gasteiger partial charge < -0.3 is 10.2 Å². The molecule has 0 aliphatic heterocycles. The highest BCUT2D eigenvalue weighted by Crippen LogP contribution is 2.26. The first-order valence-corrected chi connectivity index (χ1v) is 14.6. The summed E-state index contributed by atoms with van der Waals surface area (Å²) in [6.45, 7) is 9.08. The van der Waals surface area contributed by atoms with Crippen LogP contribution in [0.15, 0.2) is 83.8 Å². The second kappa shape index (κ2) is 12.7. The van der Waals surface area contributed by atoms with E-state index in [1.165, 1.54) is 29.2 Å². The Bertz CT molecular complexity index is 1390. The van der Waals surface area contributed by atoms with E-state index in [-0.39, 0.29) is 17.3 Å². The predicted molar refractivity (Wildman–Crippen MR) is 156 cm³/mol. The largest absolute Gasteiger partial charge is 0.350 e. The van der Waals surface area contributed by atoms with Crippen LogP contribution in [0.2, 0.25) is 5.02 Å². The summed E-state index contributed by atoms with van der Waals surface area (Å²) in [6.07, 6.45) is 0.356. The quantitative estimate of drug-likeness (QED) is 0.346. The third-order valence-electron chi connectivity index (χ3n) is 6.04. The number of hydrogen-bond donors (Lipinski definition) is 1. The van der Waals surface area contributed by atoms with Crippen molar-refractivity contribution in [1.82, 2.24) is 10.2 Å². The zero-order valence-corrected chi connectivity index (χ0v) is 24.6. The molecule has 0 spiro atoms. The molecular formula is C30H36ClN3O4S. The summed E-state index contributed by atoms with van der Waals surface area (Å²) in [7, 11) is -4.13. The van der Waals surface area contributed by atoms with Crippen LogP contribution in [0, 0.1) is 6.92 Å². The summed E-state index contributed by atoms with van der Waals surface area (Å²) >= 11 is 5.99. The van der Waals surface area contributed by atoms with Crippen molar-refractivity contribution in [3.8, 4) is 0 Å². The molecule has 0 fully saturated rings. The number of para-hydroxylation sites is 1. The van der Waals surface area contributed by atoms with Crippen molar-refractivity contribution in [2.45, 2.75) is 64.1 Å². The van der Waals surface area contributed by atoms with Gasteiger partial charge in [0.15, 0.2) is 0 Å². The van der Waals surface area contributed by atoms with Gasteiger partial charge in [-0.1, -0.05) is 66.6 Å². The Kier molecular flexibility index (Phi) is 9.80. The third-order valence-corrected chi connectivity index (χ3v) is 8.08. The number of nitrogens with zero attached hydrogens (tertiary/aromatic N) is 2. The highest BCUT2D eigenvalue weighted by molar-refractivity contribution is 7.92. The van der Waals surface area contributed by atoms with Gasteiger partial charge in [0, 0.05) is 17.1 Å². The molecule has 0 aromatic heterocycles. The molecule has 0 bridgehead atoms. The monoisotopic (exact) mass is 569 g/mol. The highest BCUT2D eigenvalue weighted by atomic mass is 35.5. The zero-order chi connectivity index (χ0) is 28.8. The maximum absolute atomic E-state index is 14.0. The molecule has 1 N–H and O–H groups in total. The fraction of sp³-hybridized carbons (Fsp3) is 0.333. The number of carbonyl (C=O) groups is 2. The van der Waals surface area contributed by atoms with Crippen LogP contribution in [0.3, 0.4) is 0 Å². The van der Waals surface area contributed by atoms with Gasteiger partial charge in [-0.2, -0.15) is 0 Å². The normalized spacial score (nSPS) is 12.5. The first-order valence-electron chi connectivity index (χ1n) is 12.8. The fourth-order valence-corrected chi connectivity index (χ4v) is 5.78. The van der Waals surface area contributed by atoms with Crippen molar-refractivity contribution in [3.05, 3.63) is 95.0 Å². The van der Waals surface area contributed by atoms with Gasteiger partial charge >= 0.3 is 0 Å². The number of rotatable bonds is 10. The SMILES string of the molecule is CC[C@@H](C(=O)NC(C)(C)C)N(Cc1cccc(C)c1)C(=O)CN(c1ccccc1)S(=O)(=O)c1ccc(Cl)cc1. The lowest BCUT2D eigenvalue weighted by Crippen LogP contribution is -2.55. The van der Waals surface area contributed by atoms with E-state index in [0.29, 0.717) is 17.1 Å². The topological polar surface area (TPSA) is 86.8 Å². The number of benzene rings is 3. The lowest BCUT2D eigenvalue weighted by molar-refractivity contribution is -0.141. The molecule has 3 aromatic carbocycles. The second-order valence-electron chi connectivity index (χ2n) is 10.5. The molecular weight excluding hydrogens is 534 g/mol. The summed E-state index contributed by atoms with van der Waals surface area (Å²) in [5, 5.41) is 3.37. The summed E-state index contributed by atoms with van der Waals surface area (Å²) in [5.74, 6) is -0.786. The third kappa shape index (κ3) is 8.07. The van der Waals surface area contributed by atoms with Crippen molar-refractivity contribution in [3.63, 3.8) is 0 Å². The first kappa shape index (κ1) is 30.2. The van der Waals surface area contributed by atoms with Crippen LogP contribution in [-0.4, -0.2) is 43.3 Å². The molecule has 9 heteroatoms. The molecule has 3 rings (SSSR count). The van der Waals surface area contributed by atoms with Crippen LogP contribution in [0.5, 0.6) is 0 Å². The Morgan fingerprint density at radius 3 is 2.15 bits per heavy atom. The highest BCUT2D eigenvalue weighted by Gasteiger charge is 2.34. The number of anilines is 1. The molecule has 1 atom stereocenters. The lowest BCUT2D eigenvalue weighted by atomic mass is 10.0.